The van der Waals surface area contributed by atoms with Crippen LogP contribution in [0, 0.1) is 20.8 Å². The fourth-order valence-electron chi connectivity index (χ4n) is 4.85. The monoisotopic (exact) mass is 439 g/mol. The summed E-state index contributed by atoms with van der Waals surface area (Å²) in [6.45, 7) is 14.1. The molecule has 2 aliphatic rings. The van der Waals surface area contributed by atoms with E-state index in [1.165, 1.54) is 11.8 Å². The Labute approximate surface area is 190 Å². The predicted octanol–water partition coefficient (Wildman–Crippen LogP) is 5.12. The van der Waals surface area contributed by atoms with Gasteiger partial charge in [-0.05, 0) is 69.2 Å². The molecule has 32 heavy (non-hydrogen) atoms. The summed E-state index contributed by atoms with van der Waals surface area (Å²) in [6.07, 6.45) is 4.85. The highest BCUT2D eigenvalue weighted by molar-refractivity contribution is 6.22. The highest BCUT2D eigenvalue weighted by Crippen LogP contribution is 2.46. The third-order valence-electron chi connectivity index (χ3n) is 6.39. The average Bonchev–Trinajstić information content (AvgIpc) is 3.04. The van der Waals surface area contributed by atoms with Crippen LogP contribution in [-0.2, 0) is 20.8 Å². The smallest absolute Gasteiger partial charge is 0.170 e. The molecule has 1 heterocycles. The summed E-state index contributed by atoms with van der Waals surface area (Å²) in [7, 11) is 0. The topological polar surface area (TPSA) is 85.2 Å². The van der Waals surface area contributed by atoms with E-state index in [0.717, 1.165) is 34.4 Å². The lowest BCUT2D eigenvalue weighted by atomic mass is 9.74. The number of Topliss-reactive ketones (excluding diaryl/α,β-unsaturated/α-hetero) is 2. The number of ether oxygens (including phenoxy) is 1. The second-order valence-corrected chi connectivity index (χ2v) is 9.32. The van der Waals surface area contributed by atoms with Crippen molar-refractivity contribution in [3.05, 3.63) is 51.8 Å². The summed E-state index contributed by atoms with van der Waals surface area (Å²) < 4.78 is 6.19. The molecule has 6 heteroatoms. The van der Waals surface area contributed by atoms with Crippen LogP contribution in [0.4, 0.5) is 0 Å². The number of aliphatic hydroxyl groups is 1. The summed E-state index contributed by atoms with van der Waals surface area (Å²) >= 11 is 0. The van der Waals surface area contributed by atoms with Crippen LogP contribution in [0.15, 0.2) is 29.1 Å². The molecule has 0 unspecified atom stereocenters. The maximum Gasteiger partial charge on any atom is 0.170 e. The number of aliphatic hydroxyl groups excluding tert-OH is 1. The summed E-state index contributed by atoms with van der Waals surface area (Å²) in [4.78, 5) is 30.7. The molecule has 172 valence electrons. The number of benzene rings is 1. The molecule has 0 bridgehead atoms. The van der Waals surface area contributed by atoms with Crippen molar-refractivity contribution >= 4 is 17.8 Å². The summed E-state index contributed by atoms with van der Waals surface area (Å²) in [6, 6.07) is 0. The maximum atomic E-state index is 12.9. The van der Waals surface area contributed by atoms with Gasteiger partial charge in [-0.3, -0.25) is 9.59 Å². The Bertz CT molecular complexity index is 996. The molecule has 0 saturated heterocycles. The standard InChI is InChI=1S/C26H33NO5/c1-7-11-31-27-10-8-9-20(28)24-21(29)12-18(13-22(24)30)23-15(2)16(3)25-19(17(23)4)14-26(5,6)32-25/h7,10,18,28H,1,8-9,11-14H2,2-6H3. The van der Waals surface area contributed by atoms with Gasteiger partial charge in [0.25, 0.3) is 0 Å². The van der Waals surface area contributed by atoms with E-state index < -0.39 is 0 Å². The van der Waals surface area contributed by atoms with Crippen molar-refractivity contribution in [3.63, 3.8) is 0 Å². The van der Waals surface area contributed by atoms with Crippen LogP contribution < -0.4 is 4.74 Å². The van der Waals surface area contributed by atoms with Crippen LogP contribution in [0.25, 0.3) is 0 Å². The van der Waals surface area contributed by atoms with Crippen molar-refractivity contribution in [2.45, 2.75) is 78.2 Å². The molecular formula is C26H33NO5. The second-order valence-electron chi connectivity index (χ2n) is 9.32. The minimum atomic E-state index is -0.294. The third kappa shape index (κ3) is 4.64. The normalized spacial score (nSPS) is 19.8. The van der Waals surface area contributed by atoms with Crippen molar-refractivity contribution in [1.82, 2.24) is 0 Å². The Morgan fingerprint density at radius 3 is 2.47 bits per heavy atom. The number of nitrogens with zero attached hydrogens (tertiary/aromatic N) is 1. The number of allylic oxidation sites excluding steroid dienone is 2. The zero-order valence-electron chi connectivity index (χ0n) is 19.7. The zero-order valence-corrected chi connectivity index (χ0v) is 19.7. The van der Waals surface area contributed by atoms with Gasteiger partial charge in [0, 0.05) is 37.5 Å². The SMILES string of the molecule is C=CCON=CCCC(O)=C1C(=O)CC(c2c(C)c(C)c3c(c2C)CC(C)(C)O3)CC1=O. The molecule has 1 aromatic rings. The minimum Gasteiger partial charge on any atom is -0.511 e. The van der Waals surface area contributed by atoms with Crippen molar-refractivity contribution in [1.29, 1.82) is 0 Å². The minimum absolute atomic E-state index is 0.0562. The molecule has 0 radical (unpaired) electrons. The number of ketones is 2. The van der Waals surface area contributed by atoms with Gasteiger partial charge in [0.05, 0.1) is 5.57 Å². The van der Waals surface area contributed by atoms with Crippen molar-refractivity contribution in [2.75, 3.05) is 6.61 Å². The lowest BCUT2D eigenvalue weighted by Crippen LogP contribution is -2.27. The first-order valence-electron chi connectivity index (χ1n) is 11.1. The summed E-state index contributed by atoms with van der Waals surface area (Å²) in [5.41, 5.74) is 5.21. The van der Waals surface area contributed by atoms with Gasteiger partial charge in [-0.1, -0.05) is 17.8 Å². The van der Waals surface area contributed by atoms with Crippen LogP contribution in [-0.4, -0.2) is 35.1 Å². The van der Waals surface area contributed by atoms with Gasteiger partial charge in [-0.15, -0.1) is 0 Å². The van der Waals surface area contributed by atoms with E-state index in [4.69, 9.17) is 9.57 Å². The van der Waals surface area contributed by atoms with Gasteiger partial charge in [0.1, 0.15) is 23.7 Å². The van der Waals surface area contributed by atoms with Gasteiger partial charge in [0.15, 0.2) is 11.6 Å². The summed E-state index contributed by atoms with van der Waals surface area (Å²) in [5.74, 6) is 0.00362. The largest absolute Gasteiger partial charge is 0.511 e. The lowest BCUT2D eigenvalue weighted by Gasteiger charge is -2.28. The maximum absolute atomic E-state index is 12.9. The highest BCUT2D eigenvalue weighted by atomic mass is 16.6. The zero-order chi connectivity index (χ0) is 23.6. The second kappa shape index (κ2) is 9.31. The van der Waals surface area contributed by atoms with E-state index in [1.54, 1.807) is 6.08 Å². The van der Waals surface area contributed by atoms with Gasteiger partial charge < -0.3 is 14.7 Å². The van der Waals surface area contributed by atoms with Gasteiger partial charge >= 0.3 is 0 Å². The Morgan fingerprint density at radius 2 is 1.84 bits per heavy atom. The van der Waals surface area contributed by atoms with Gasteiger partial charge in [-0.25, -0.2) is 0 Å². The quantitative estimate of drug-likeness (QED) is 0.121. The van der Waals surface area contributed by atoms with E-state index in [9.17, 15) is 14.7 Å². The first-order valence-corrected chi connectivity index (χ1v) is 11.1. The molecular weight excluding hydrogens is 406 g/mol. The van der Waals surface area contributed by atoms with Crippen LogP contribution in [0.2, 0.25) is 0 Å². The molecule has 0 atom stereocenters. The lowest BCUT2D eigenvalue weighted by molar-refractivity contribution is -0.124. The molecule has 0 aromatic heterocycles. The number of hydrogen-bond donors (Lipinski definition) is 1. The summed E-state index contributed by atoms with van der Waals surface area (Å²) in [5, 5.41) is 14.1. The Hall–Kier alpha value is -2.89. The number of oxime groups is 1. The fraction of sp³-hybridized carbons (Fsp3) is 0.500. The van der Waals surface area contributed by atoms with E-state index in [-0.39, 0.29) is 53.7 Å². The Kier molecular flexibility index (Phi) is 6.91. The molecule has 1 aromatic carbocycles. The van der Waals surface area contributed by atoms with Crippen LogP contribution >= 0.6 is 0 Å². The van der Waals surface area contributed by atoms with Gasteiger partial charge in [-0.2, -0.15) is 0 Å². The van der Waals surface area contributed by atoms with Crippen molar-refractivity contribution in [3.8, 4) is 5.75 Å². The van der Waals surface area contributed by atoms with Crippen molar-refractivity contribution < 1.29 is 24.3 Å². The first-order chi connectivity index (χ1) is 15.1. The number of hydrogen-bond acceptors (Lipinski definition) is 6. The molecule has 1 saturated carbocycles. The van der Waals surface area contributed by atoms with Crippen LogP contribution in [0.5, 0.6) is 5.75 Å². The van der Waals surface area contributed by atoms with E-state index >= 15 is 0 Å². The van der Waals surface area contributed by atoms with Crippen LogP contribution in [0.3, 0.4) is 0 Å². The van der Waals surface area contributed by atoms with Gasteiger partial charge in [0.2, 0.25) is 0 Å². The molecule has 3 rings (SSSR count). The average molecular weight is 440 g/mol. The molecule has 1 N–H and O–H groups in total. The molecule has 1 aliphatic carbocycles. The van der Waals surface area contributed by atoms with E-state index in [1.807, 2.05) is 13.8 Å². The molecule has 6 nitrogen and oxygen atoms in total. The first kappa shape index (κ1) is 23.8. The molecule has 1 aliphatic heterocycles. The number of carbonyl (C=O) groups is 2. The molecule has 0 spiro atoms. The number of carbonyl (C=O) groups excluding carboxylic acids is 2. The highest BCUT2D eigenvalue weighted by Gasteiger charge is 2.39. The third-order valence-corrected chi connectivity index (χ3v) is 6.39. The fourth-order valence-corrected chi connectivity index (χ4v) is 4.85. The van der Waals surface area contributed by atoms with E-state index in [2.05, 4.69) is 32.5 Å². The van der Waals surface area contributed by atoms with E-state index in [0.29, 0.717) is 13.0 Å². The molecule has 1 fully saturated rings. The Balaban J connectivity index is 1.81. The van der Waals surface area contributed by atoms with Crippen molar-refractivity contribution in [2.24, 2.45) is 5.16 Å². The predicted molar refractivity (Wildman–Crippen MR) is 125 cm³/mol. The molecule has 0 amide bonds. The number of rotatable bonds is 7. The number of fused-ring (bicyclic) bond motifs is 1. The van der Waals surface area contributed by atoms with Crippen LogP contribution in [0.1, 0.15) is 73.3 Å². The Morgan fingerprint density at radius 1 is 1.19 bits per heavy atom.